The molecule has 2 fully saturated rings. The lowest BCUT2D eigenvalue weighted by Crippen LogP contribution is -2.39. The van der Waals surface area contributed by atoms with Crippen LogP contribution in [-0.2, 0) is 4.79 Å². The Bertz CT molecular complexity index is 157. The zero-order valence-electron chi connectivity index (χ0n) is 5.13. The lowest BCUT2D eigenvalue weighted by Gasteiger charge is -2.06. The van der Waals surface area contributed by atoms with E-state index in [1.54, 1.807) is 0 Å². The summed E-state index contributed by atoms with van der Waals surface area (Å²) in [5.74, 6) is 1.17. The lowest BCUT2D eigenvalue weighted by molar-refractivity contribution is -0.120. The van der Waals surface area contributed by atoms with Crippen molar-refractivity contribution in [3.8, 4) is 0 Å². The van der Waals surface area contributed by atoms with Crippen LogP contribution in [0.25, 0.3) is 0 Å². The van der Waals surface area contributed by atoms with Gasteiger partial charge in [0.05, 0.1) is 6.04 Å². The molecule has 1 aliphatic carbocycles. The van der Waals surface area contributed by atoms with Crippen molar-refractivity contribution >= 4 is 5.91 Å². The number of primary amides is 1. The first-order valence-corrected chi connectivity index (χ1v) is 3.32. The summed E-state index contributed by atoms with van der Waals surface area (Å²) in [6.07, 6.45) is 1.21. The van der Waals surface area contributed by atoms with E-state index in [9.17, 15) is 4.79 Å². The highest BCUT2D eigenvalue weighted by Crippen LogP contribution is 2.44. The molecular weight excluding hydrogens is 116 g/mol. The summed E-state index contributed by atoms with van der Waals surface area (Å²) in [5.41, 5.74) is 5.11. The second-order valence-corrected chi connectivity index (χ2v) is 2.95. The van der Waals surface area contributed by atoms with Crippen molar-refractivity contribution < 1.29 is 4.79 Å². The predicted molar refractivity (Wildman–Crippen MR) is 32.6 cm³/mol. The number of rotatable bonds is 1. The van der Waals surface area contributed by atoms with E-state index in [1.165, 1.54) is 6.42 Å². The van der Waals surface area contributed by atoms with E-state index in [1.807, 2.05) is 0 Å². The summed E-state index contributed by atoms with van der Waals surface area (Å²) >= 11 is 0. The van der Waals surface area contributed by atoms with Gasteiger partial charge in [-0.1, -0.05) is 0 Å². The molecule has 3 atom stereocenters. The largest absolute Gasteiger partial charge is 0.368 e. The minimum atomic E-state index is -0.181. The highest BCUT2D eigenvalue weighted by Gasteiger charge is 2.50. The third kappa shape index (κ3) is 0.645. The maximum Gasteiger partial charge on any atom is 0.234 e. The Morgan fingerprint density at radius 3 is 2.67 bits per heavy atom. The molecule has 1 amide bonds. The molecule has 2 unspecified atom stereocenters. The van der Waals surface area contributed by atoms with Crippen LogP contribution in [0.15, 0.2) is 0 Å². The molecule has 50 valence electrons. The van der Waals surface area contributed by atoms with Crippen LogP contribution in [-0.4, -0.2) is 18.5 Å². The molecule has 3 nitrogen and oxygen atoms in total. The number of hydrogen-bond donors (Lipinski definition) is 2. The molecule has 0 radical (unpaired) electrons. The average molecular weight is 126 g/mol. The SMILES string of the molecule is NC(=O)[C@@H]1NCC2CC21. The van der Waals surface area contributed by atoms with E-state index < -0.39 is 0 Å². The van der Waals surface area contributed by atoms with Crippen LogP contribution in [0.5, 0.6) is 0 Å². The Labute approximate surface area is 53.6 Å². The number of nitrogens with one attached hydrogen (secondary N) is 1. The number of hydrogen-bond acceptors (Lipinski definition) is 2. The fraction of sp³-hybridized carbons (Fsp3) is 0.833. The van der Waals surface area contributed by atoms with Gasteiger partial charge in [-0.15, -0.1) is 0 Å². The first kappa shape index (κ1) is 5.23. The standard InChI is InChI=1S/C6H10N2O/c7-6(9)5-4-1-3(4)2-8-5/h3-5,8H,1-2H2,(H2,7,9)/t3?,4?,5-/m1/s1. The lowest BCUT2D eigenvalue weighted by atomic mass is 10.2. The van der Waals surface area contributed by atoms with Gasteiger partial charge < -0.3 is 11.1 Å². The molecule has 0 aromatic rings. The molecule has 1 saturated carbocycles. The number of nitrogens with two attached hydrogens (primary N) is 1. The molecule has 9 heavy (non-hydrogen) atoms. The molecule has 0 aromatic heterocycles. The number of fused-ring (bicyclic) bond motifs is 1. The van der Waals surface area contributed by atoms with Crippen molar-refractivity contribution in [3.05, 3.63) is 0 Å². The van der Waals surface area contributed by atoms with Gasteiger partial charge in [-0.3, -0.25) is 4.79 Å². The zero-order chi connectivity index (χ0) is 6.43. The summed E-state index contributed by atoms with van der Waals surface area (Å²) in [5, 5.41) is 3.08. The maximum atomic E-state index is 10.6. The van der Waals surface area contributed by atoms with E-state index in [0.29, 0.717) is 5.92 Å². The van der Waals surface area contributed by atoms with Crippen molar-refractivity contribution in [1.82, 2.24) is 5.32 Å². The van der Waals surface area contributed by atoms with Crippen molar-refractivity contribution in [1.29, 1.82) is 0 Å². The fourth-order valence-electron chi connectivity index (χ4n) is 1.66. The fourth-order valence-corrected chi connectivity index (χ4v) is 1.66. The van der Waals surface area contributed by atoms with Crippen molar-refractivity contribution in [2.45, 2.75) is 12.5 Å². The second kappa shape index (κ2) is 1.48. The Morgan fingerprint density at radius 2 is 2.44 bits per heavy atom. The molecule has 1 aliphatic heterocycles. The zero-order valence-corrected chi connectivity index (χ0v) is 5.13. The molecule has 2 rings (SSSR count). The van der Waals surface area contributed by atoms with E-state index in [0.717, 1.165) is 12.5 Å². The number of piperidine rings is 1. The third-order valence-corrected chi connectivity index (χ3v) is 2.31. The van der Waals surface area contributed by atoms with Crippen LogP contribution in [0.4, 0.5) is 0 Å². The van der Waals surface area contributed by atoms with E-state index in [2.05, 4.69) is 5.32 Å². The van der Waals surface area contributed by atoms with Crippen LogP contribution in [0.2, 0.25) is 0 Å². The molecule has 0 bridgehead atoms. The summed E-state index contributed by atoms with van der Waals surface area (Å²) in [6.45, 7) is 0.998. The van der Waals surface area contributed by atoms with E-state index in [-0.39, 0.29) is 11.9 Å². The van der Waals surface area contributed by atoms with Crippen LogP contribution < -0.4 is 11.1 Å². The van der Waals surface area contributed by atoms with Gasteiger partial charge in [0.1, 0.15) is 0 Å². The van der Waals surface area contributed by atoms with Crippen LogP contribution in [0, 0.1) is 11.8 Å². The summed E-state index contributed by atoms with van der Waals surface area (Å²) in [7, 11) is 0. The third-order valence-electron chi connectivity index (χ3n) is 2.31. The van der Waals surface area contributed by atoms with Crippen LogP contribution in [0.1, 0.15) is 6.42 Å². The van der Waals surface area contributed by atoms with Crippen molar-refractivity contribution in [2.75, 3.05) is 6.54 Å². The normalized spacial score (nSPS) is 46.4. The first-order valence-electron chi connectivity index (χ1n) is 3.32. The minimum absolute atomic E-state index is 0.00463. The predicted octanol–water partition coefficient (Wildman–Crippen LogP) is -0.920. The summed E-state index contributed by atoms with van der Waals surface area (Å²) in [6, 6.07) is -0.00463. The molecule has 3 heteroatoms. The van der Waals surface area contributed by atoms with Gasteiger partial charge >= 0.3 is 0 Å². The highest BCUT2D eigenvalue weighted by molar-refractivity contribution is 5.81. The number of carbonyl (C=O) groups excluding carboxylic acids is 1. The molecule has 1 heterocycles. The van der Waals surface area contributed by atoms with Gasteiger partial charge in [-0.2, -0.15) is 0 Å². The number of carbonyl (C=O) groups is 1. The quantitative estimate of drug-likeness (QED) is 0.477. The average Bonchev–Trinajstić information content (AvgIpc) is 2.43. The van der Waals surface area contributed by atoms with E-state index >= 15 is 0 Å². The van der Waals surface area contributed by atoms with Gasteiger partial charge in [0, 0.05) is 0 Å². The van der Waals surface area contributed by atoms with Crippen LogP contribution >= 0.6 is 0 Å². The van der Waals surface area contributed by atoms with Gasteiger partial charge in [0.15, 0.2) is 0 Å². The Morgan fingerprint density at radius 1 is 1.67 bits per heavy atom. The van der Waals surface area contributed by atoms with Crippen LogP contribution in [0.3, 0.4) is 0 Å². The molecule has 1 saturated heterocycles. The number of amides is 1. The van der Waals surface area contributed by atoms with Gasteiger partial charge in [-0.25, -0.2) is 0 Å². The molecule has 0 aromatic carbocycles. The topological polar surface area (TPSA) is 55.1 Å². The Hall–Kier alpha value is -0.570. The summed E-state index contributed by atoms with van der Waals surface area (Å²) in [4.78, 5) is 10.6. The maximum absolute atomic E-state index is 10.6. The molecule has 3 N–H and O–H groups in total. The first-order chi connectivity index (χ1) is 4.29. The highest BCUT2D eigenvalue weighted by atomic mass is 16.1. The van der Waals surface area contributed by atoms with Gasteiger partial charge in [-0.05, 0) is 24.8 Å². The van der Waals surface area contributed by atoms with Crippen molar-refractivity contribution in [2.24, 2.45) is 17.6 Å². The minimum Gasteiger partial charge on any atom is -0.368 e. The molecule has 0 spiro atoms. The Kier molecular flexibility index (Phi) is 0.858. The second-order valence-electron chi connectivity index (χ2n) is 2.95. The summed E-state index contributed by atoms with van der Waals surface area (Å²) < 4.78 is 0. The monoisotopic (exact) mass is 126 g/mol. The molecular formula is C6H10N2O. The van der Waals surface area contributed by atoms with Gasteiger partial charge in [0.25, 0.3) is 0 Å². The van der Waals surface area contributed by atoms with Gasteiger partial charge in [0.2, 0.25) is 5.91 Å². The van der Waals surface area contributed by atoms with E-state index in [4.69, 9.17) is 5.73 Å². The Balaban J connectivity index is 2.06. The van der Waals surface area contributed by atoms with Crippen molar-refractivity contribution in [3.63, 3.8) is 0 Å². The molecule has 2 aliphatic rings. The smallest absolute Gasteiger partial charge is 0.234 e.